The summed E-state index contributed by atoms with van der Waals surface area (Å²) in [4.78, 5) is 16.5. The molecule has 1 amide bonds. The van der Waals surface area contributed by atoms with Gasteiger partial charge in [0.25, 0.3) is 5.91 Å². The average Bonchev–Trinajstić information content (AvgIpc) is 2.61. The summed E-state index contributed by atoms with van der Waals surface area (Å²) >= 11 is 0. The SMILES string of the molecule is Cc1cc(C)cc(NC(=O)c2cncc(Nc3ccc(C(F)(F)F)cc3)c2)c1. The predicted molar refractivity (Wildman–Crippen MR) is 103 cm³/mol. The Bertz CT molecular complexity index is 978. The fourth-order valence-corrected chi connectivity index (χ4v) is 2.79. The zero-order valence-corrected chi connectivity index (χ0v) is 15.3. The molecule has 0 aliphatic rings. The maximum Gasteiger partial charge on any atom is 0.416 e. The first kappa shape index (κ1) is 19.4. The first-order chi connectivity index (χ1) is 13.2. The van der Waals surface area contributed by atoms with Crippen LogP contribution in [0.2, 0.25) is 0 Å². The minimum atomic E-state index is -4.38. The molecule has 7 heteroatoms. The maximum absolute atomic E-state index is 12.6. The van der Waals surface area contributed by atoms with Crippen LogP contribution in [-0.4, -0.2) is 10.9 Å². The molecule has 28 heavy (non-hydrogen) atoms. The average molecular weight is 385 g/mol. The van der Waals surface area contributed by atoms with E-state index in [2.05, 4.69) is 15.6 Å². The Hall–Kier alpha value is -3.35. The molecule has 3 aromatic rings. The van der Waals surface area contributed by atoms with Gasteiger partial charge in [-0.05, 0) is 67.4 Å². The highest BCUT2D eigenvalue weighted by molar-refractivity contribution is 6.04. The Kier molecular flexibility index (Phi) is 5.35. The maximum atomic E-state index is 12.6. The summed E-state index contributed by atoms with van der Waals surface area (Å²) in [5.74, 6) is -0.325. The van der Waals surface area contributed by atoms with E-state index in [0.29, 0.717) is 22.6 Å². The first-order valence-corrected chi connectivity index (χ1v) is 8.50. The lowest BCUT2D eigenvalue weighted by atomic mass is 10.1. The van der Waals surface area contributed by atoms with Gasteiger partial charge in [-0.15, -0.1) is 0 Å². The van der Waals surface area contributed by atoms with Crippen molar-refractivity contribution in [3.8, 4) is 0 Å². The van der Waals surface area contributed by atoms with Crippen LogP contribution in [0.25, 0.3) is 0 Å². The number of nitrogens with one attached hydrogen (secondary N) is 2. The van der Waals surface area contributed by atoms with E-state index in [9.17, 15) is 18.0 Å². The van der Waals surface area contributed by atoms with Crippen LogP contribution in [0, 0.1) is 13.8 Å². The van der Waals surface area contributed by atoms with Crippen molar-refractivity contribution in [3.05, 3.63) is 83.2 Å². The number of benzene rings is 2. The van der Waals surface area contributed by atoms with Crippen molar-refractivity contribution in [1.29, 1.82) is 0 Å². The van der Waals surface area contributed by atoms with E-state index in [4.69, 9.17) is 0 Å². The zero-order valence-electron chi connectivity index (χ0n) is 15.3. The highest BCUT2D eigenvalue weighted by atomic mass is 19.4. The van der Waals surface area contributed by atoms with Crippen LogP contribution in [0.1, 0.15) is 27.0 Å². The van der Waals surface area contributed by atoms with E-state index in [1.807, 2.05) is 32.0 Å². The van der Waals surface area contributed by atoms with Crippen LogP contribution < -0.4 is 10.6 Å². The lowest BCUT2D eigenvalue weighted by Crippen LogP contribution is -2.12. The van der Waals surface area contributed by atoms with E-state index < -0.39 is 11.7 Å². The number of pyridine rings is 1. The van der Waals surface area contributed by atoms with Gasteiger partial charge in [-0.1, -0.05) is 6.07 Å². The molecular weight excluding hydrogens is 367 g/mol. The van der Waals surface area contributed by atoms with Crippen molar-refractivity contribution >= 4 is 23.0 Å². The van der Waals surface area contributed by atoms with Crippen molar-refractivity contribution in [3.63, 3.8) is 0 Å². The molecule has 0 spiro atoms. The van der Waals surface area contributed by atoms with Gasteiger partial charge in [0, 0.05) is 17.6 Å². The molecule has 0 saturated heterocycles. The van der Waals surface area contributed by atoms with Crippen LogP contribution in [0.4, 0.5) is 30.2 Å². The summed E-state index contributed by atoms with van der Waals surface area (Å²) in [6.07, 6.45) is -1.46. The van der Waals surface area contributed by atoms with Crippen LogP contribution in [0.5, 0.6) is 0 Å². The number of carbonyl (C=O) groups excluding carboxylic acids is 1. The van der Waals surface area contributed by atoms with Gasteiger partial charge in [0.2, 0.25) is 0 Å². The lowest BCUT2D eigenvalue weighted by Gasteiger charge is -2.11. The Morgan fingerprint density at radius 1 is 0.857 bits per heavy atom. The summed E-state index contributed by atoms with van der Waals surface area (Å²) in [6.45, 7) is 3.89. The van der Waals surface area contributed by atoms with Gasteiger partial charge >= 0.3 is 6.18 Å². The van der Waals surface area contributed by atoms with Crippen LogP contribution in [0.15, 0.2) is 60.9 Å². The molecule has 1 aromatic heterocycles. The third-order valence-electron chi connectivity index (χ3n) is 3.98. The molecule has 4 nitrogen and oxygen atoms in total. The van der Waals surface area contributed by atoms with Gasteiger partial charge in [-0.2, -0.15) is 13.2 Å². The molecule has 0 saturated carbocycles. The third kappa shape index (κ3) is 4.88. The Labute approximate surface area is 160 Å². The van der Waals surface area contributed by atoms with Crippen molar-refractivity contribution in [2.24, 2.45) is 0 Å². The van der Waals surface area contributed by atoms with Crippen molar-refractivity contribution in [2.75, 3.05) is 10.6 Å². The second kappa shape index (κ2) is 7.72. The quantitative estimate of drug-likeness (QED) is 0.605. The van der Waals surface area contributed by atoms with Crippen LogP contribution >= 0.6 is 0 Å². The van der Waals surface area contributed by atoms with E-state index in [-0.39, 0.29) is 5.91 Å². The Morgan fingerprint density at radius 3 is 2.11 bits per heavy atom. The number of aryl methyl sites for hydroxylation is 2. The molecule has 2 aromatic carbocycles. The molecule has 0 atom stereocenters. The molecule has 0 fully saturated rings. The number of alkyl halides is 3. The predicted octanol–water partition coefficient (Wildman–Crippen LogP) is 5.71. The van der Waals surface area contributed by atoms with Gasteiger partial charge in [0.05, 0.1) is 23.0 Å². The molecule has 0 aliphatic heterocycles. The number of hydrogen-bond donors (Lipinski definition) is 2. The number of aromatic nitrogens is 1. The van der Waals surface area contributed by atoms with Gasteiger partial charge in [-0.25, -0.2) is 0 Å². The summed E-state index contributed by atoms with van der Waals surface area (Å²) in [7, 11) is 0. The Morgan fingerprint density at radius 2 is 1.50 bits per heavy atom. The molecule has 0 radical (unpaired) electrons. The van der Waals surface area contributed by atoms with Gasteiger partial charge in [-0.3, -0.25) is 9.78 Å². The highest BCUT2D eigenvalue weighted by Crippen LogP contribution is 2.30. The van der Waals surface area contributed by atoms with Crippen LogP contribution in [-0.2, 0) is 6.18 Å². The van der Waals surface area contributed by atoms with E-state index in [1.165, 1.54) is 24.5 Å². The number of halogens is 3. The van der Waals surface area contributed by atoms with Gasteiger partial charge in [0.15, 0.2) is 0 Å². The minimum Gasteiger partial charge on any atom is -0.354 e. The second-order valence-electron chi connectivity index (χ2n) is 6.49. The van der Waals surface area contributed by atoms with E-state index >= 15 is 0 Å². The molecule has 0 bridgehead atoms. The molecule has 1 heterocycles. The Balaban J connectivity index is 1.73. The normalized spacial score (nSPS) is 11.2. The molecule has 144 valence electrons. The summed E-state index contributed by atoms with van der Waals surface area (Å²) in [5, 5.41) is 5.77. The third-order valence-corrected chi connectivity index (χ3v) is 3.98. The number of hydrogen-bond acceptors (Lipinski definition) is 3. The molecular formula is C21H18F3N3O. The number of rotatable bonds is 4. The van der Waals surface area contributed by atoms with Crippen molar-refractivity contribution in [1.82, 2.24) is 4.98 Å². The highest BCUT2D eigenvalue weighted by Gasteiger charge is 2.29. The van der Waals surface area contributed by atoms with E-state index in [1.54, 1.807) is 6.07 Å². The fraction of sp³-hybridized carbons (Fsp3) is 0.143. The number of nitrogens with zero attached hydrogens (tertiary/aromatic N) is 1. The standard InChI is InChI=1S/C21H18F3N3O/c1-13-7-14(2)9-18(8-13)27-20(28)15-10-19(12-25-11-15)26-17-5-3-16(4-6-17)21(22,23)24/h3-12,26H,1-2H3,(H,27,28). The molecule has 0 unspecified atom stereocenters. The summed E-state index contributed by atoms with van der Waals surface area (Å²) < 4.78 is 37.9. The van der Waals surface area contributed by atoms with Gasteiger partial charge < -0.3 is 10.6 Å². The molecule has 0 aliphatic carbocycles. The zero-order chi connectivity index (χ0) is 20.3. The topological polar surface area (TPSA) is 54.0 Å². The van der Waals surface area contributed by atoms with Gasteiger partial charge in [0.1, 0.15) is 0 Å². The fourth-order valence-electron chi connectivity index (χ4n) is 2.79. The monoisotopic (exact) mass is 385 g/mol. The van der Waals surface area contributed by atoms with Crippen molar-refractivity contribution < 1.29 is 18.0 Å². The number of anilines is 3. The minimum absolute atomic E-state index is 0.325. The first-order valence-electron chi connectivity index (χ1n) is 8.50. The molecule has 2 N–H and O–H groups in total. The number of carbonyl (C=O) groups is 1. The largest absolute Gasteiger partial charge is 0.416 e. The van der Waals surface area contributed by atoms with Crippen molar-refractivity contribution in [2.45, 2.75) is 20.0 Å². The number of amides is 1. The summed E-state index contributed by atoms with van der Waals surface area (Å²) in [6, 6.07) is 12.0. The second-order valence-corrected chi connectivity index (χ2v) is 6.49. The van der Waals surface area contributed by atoms with E-state index in [0.717, 1.165) is 23.3 Å². The molecule has 3 rings (SSSR count). The summed E-state index contributed by atoms with van der Waals surface area (Å²) in [5.41, 5.74) is 3.31. The van der Waals surface area contributed by atoms with Crippen LogP contribution in [0.3, 0.4) is 0 Å². The lowest BCUT2D eigenvalue weighted by molar-refractivity contribution is -0.137. The smallest absolute Gasteiger partial charge is 0.354 e.